The quantitative estimate of drug-likeness (QED) is 0.0384. The van der Waals surface area contributed by atoms with E-state index in [1.54, 1.807) is 0 Å². The molecule has 0 aromatic heterocycles. The van der Waals surface area contributed by atoms with Crippen molar-refractivity contribution in [3.63, 3.8) is 0 Å². The van der Waals surface area contributed by atoms with Crippen LogP contribution in [0.2, 0.25) is 0 Å². The van der Waals surface area contributed by atoms with Crippen molar-refractivity contribution in [1.82, 2.24) is 0 Å². The lowest BCUT2D eigenvalue weighted by atomic mass is 10.0. The van der Waals surface area contributed by atoms with Gasteiger partial charge in [0.1, 0.15) is 6.10 Å². The predicted molar refractivity (Wildman–Crippen MR) is 233 cm³/mol. The zero-order valence-corrected chi connectivity index (χ0v) is 35.5. The molecule has 0 aliphatic carbocycles. The smallest absolute Gasteiger partial charge is 0.306 e. The van der Waals surface area contributed by atoms with Crippen LogP contribution in [0.3, 0.4) is 0 Å². The van der Waals surface area contributed by atoms with Gasteiger partial charge in [0.05, 0.1) is 13.2 Å². The lowest BCUT2D eigenvalue weighted by Crippen LogP contribution is -2.27. The fourth-order valence-electron chi connectivity index (χ4n) is 6.73. The SMILES string of the molecule is CC/C=C\C/C=C\C/C=C\C/C=C\CCCCCCCCCCCCCCC(=O)OC(CO)COCCCCCCCCCCCCCCCCCC. The Morgan fingerprint density at radius 1 is 0.472 bits per heavy atom. The van der Waals surface area contributed by atoms with Crippen molar-refractivity contribution >= 4 is 5.97 Å². The molecule has 0 bridgehead atoms. The van der Waals surface area contributed by atoms with Crippen LogP contribution >= 0.6 is 0 Å². The number of ether oxygens (including phenoxy) is 2. The number of rotatable bonds is 43. The van der Waals surface area contributed by atoms with E-state index < -0.39 is 6.10 Å². The molecular weight excluding hydrogens is 653 g/mol. The summed E-state index contributed by atoms with van der Waals surface area (Å²) < 4.78 is 11.2. The van der Waals surface area contributed by atoms with Crippen molar-refractivity contribution < 1.29 is 19.4 Å². The molecule has 0 saturated heterocycles. The van der Waals surface area contributed by atoms with E-state index in [4.69, 9.17) is 9.47 Å². The molecule has 4 nitrogen and oxygen atoms in total. The average Bonchev–Trinajstić information content (AvgIpc) is 3.16. The van der Waals surface area contributed by atoms with Gasteiger partial charge in [0.15, 0.2) is 0 Å². The second-order valence-corrected chi connectivity index (χ2v) is 15.5. The monoisotopic (exact) mass is 743 g/mol. The molecule has 0 radical (unpaired) electrons. The highest BCUT2D eigenvalue weighted by Crippen LogP contribution is 2.15. The maximum Gasteiger partial charge on any atom is 0.306 e. The molecule has 0 amide bonds. The summed E-state index contributed by atoms with van der Waals surface area (Å²) in [6.45, 7) is 5.26. The molecule has 0 heterocycles. The van der Waals surface area contributed by atoms with Gasteiger partial charge in [0.25, 0.3) is 0 Å². The number of esters is 1. The lowest BCUT2D eigenvalue weighted by Gasteiger charge is -2.16. The zero-order valence-electron chi connectivity index (χ0n) is 35.5. The van der Waals surface area contributed by atoms with Crippen LogP contribution in [-0.4, -0.2) is 37.0 Å². The van der Waals surface area contributed by atoms with Crippen molar-refractivity contribution in [2.45, 2.75) is 238 Å². The molecule has 310 valence electrons. The van der Waals surface area contributed by atoms with Crippen LogP contribution in [0.1, 0.15) is 232 Å². The summed E-state index contributed by atoms with van der Waals surface area (Å²) in [7, 11) is 0. The normalized spacial score (nSPS) is 12.7. The number of allylic oxidation sites excluding steroid dienone is 8. The van der Waals surface area contributed by atoms with Gasteiger partial charge < -0.3 is 14.6 Å². The first-order valence-corrected chi connectivity index (χ1v) is 23.2. The molecule has 0 aliphatic rings. The van der Waals surface area contributed by atoms with Gasteiger partial charge in [-0.3, -0.25) is 4.79 Å². The number of carbonyl (C=O) groups excluding carboxylic acids is 1. The van der Waals surface area contributed by atoms with Gasteiger partial charge in [-0.05, 0) is 51.4 Å². The highest BCUT2D eigenvalue weighted by Gasteiger charge is 2.13. The number of hydrogen-bond donors (Lipinski definition) is 1. The Hall–Kier alpha value is -1.65. The number of hydrogen-bond acceptors (Lipinski definition) is 4. The molecule has 0 spiro atoms. The van der Waals surface area contributed by atoms with Crippen LogP contribution in [0.15, 0.2) is 48.6 Å². The van der Waals surface area contributed by atoms with Crippen LogP contribution in [-0.2, 0) is 14.3 Å². The summed E-state index contributed by atoms with van der Waals surface area (Å²) in [6, 6.07) is 0. The fourth-order valence-corrected chi connectivity index (χ4v) is 6.73. The summed E-state index contributed by atoms with van der Waals surface area (Å²) in [5.74, 6) is -0.200. The molecule has 0 aromatic rings. The molecule has 4 heteroatoms. The molecule has 0 aromatic carbocycles. The first-order valence-electron chi connectivity index (χ1n) is 23.2. The van der Waals surface area contributed by atoms with Crippen molar-refractivity contribution in [3.8, 4) is 0 Å². The third kappa shape index (κ3) is 44.6. The average molecular weight is 743 g/mol. The van der Waals surface area contributed by atoms with Gasteiger partial charge in [-0.15, -0.1) is 0 Å². The van der Waals surface area contributed by atoms with Crippen molar-refractivity contribution in [2.75, 3.05) is 19.8 Å². The van der Waals surface area contributed by atoms with E-state index in [1.165, 1.54) is 167 Å². The minimum atomic E-state index is -0.533. The van der Waals surface area contributed by atoms with E-state index in [9.17, 15) is 9.90 Å². The number of unbranched alkanes of at least 4 members (excludes halogenated alkanes) is 27. The second kappa shape index (κ2) is 46.5. The molecule has 0 saturated carbocycles. The number of carbonyl (C=O) groups is 1. The lowest BCUT2D eigenvalue weighted by molar-refractivity contribution is -0.154. The Kier molecular flexibility index (Phi) is 45.1. The van der Waals surface area contributed by atoms with Crippen molar-refractivity contribution in [3.05, 3.63) is 48.6 Å². The molecular formula is C49H90O4. The van der Waals surface area contributed by atoms with Crippen LogP contribution in [0.4, 0.5) is 0 Å². The highest BCUT2D eigenvalue weighted by atomic mass is 16.6. The summed E-state index contributed by atoms with van der Waals surface area (Å²) in [5.41, 5.74) is 0. The molecule has 1 N–H and O–H groups in total. The minimum absolute atomic E-state index is 0.170. The Morgan fingerprint density at radius 2 is 0.849 bits per heavy atom. The fraction of sp³-hybridized carbons (Fsp3) is 0.816. The van der Waals surface area contributed by atoms with Crippen LogP contribution in [0, 0.1) is 0 Å². The van der Waals surface area contributed by atoms with Crippen LogP contribution in [0.25, 0.3) is 0 Å². The van der Waals surface area contributed by atoms with E-state index in [0.717, 1.165) is 44.9 Å². The van der Waals surface area contributed by atoms with Gasteiger partial charge in [-0.2, -0.15) is 0 Å². The second-order valence-electron chi connectivity index (χ2n) is 15.5. The maximum atomic E-state index is 12.2. The van der Waals surface area contributed by atoms with E-state index in [0.29, 0.717) is 19.6 Å². The number of aliphatic hydroxyl groups is 1. The molecule has 1 atom stereocenters. The van der Waals surface area contributed by atoms with Crippen LogP contribution < -0.4 is 0 Å². The molecule has 0 rings (SSSR count). The largest absolute Gasteiger partial charge is 0.457 e. The first-order chi connectivity index (χ1) is 26.2. The van der Waals surface area contributed by atoms with Gasteiger partial charge in [0.2, 0.25) is 0 Å². The molecule has 0 aliphatic heterocycles. The topological polar surface area (TPSA) is 55.8 Å². The summed E-state index contributed by atoms with van der Waals surface area (Å²) >= 11 is 0. The Balaban J connectivity index is 3.41. The molecule has 1 unspecified atom stereocenters. The van der Waals surface area contributed by atoms with Crippen molar-refractivity contribution in [2.24, 2.45) is 0 Å². The Labute approximate surface area is 331 Å². The van der Waals surface area contributed by atoms with E-state index in [1.807, 2.05) is 0 Å². The summed E-state index contributed by atoms with van der Waals surface area (Å²) in [4.78, 5) is 12.2. The standard InChI is InChI=1S/C49H90O4/c1-3-5-7-9-11-13-15-17-19-21-22-23-24-25-26-27-28-29-30-32-34-36-38-40-42-44-49(51)53-48(46-50)47-52-45-43-41-39-37-35-33-31-20-18-16-14-12-10-8-6-4-2/h5,7,11,13,17,19,22-23,48,50H,3-4,6,8-10,12,14-16,18,20-21,24-47H2,1-2H3/b7-5-,13-11-,19-17-,23-22-. The van der Waals surface area contributed by atoms with E-state index >= 15 is 0 Å². The third-order valence-electron chi connectivity index (χ3n) is 10.2. The van der Waals surface area contributed by atoms with E-state index in [2.05, 4.69) is 62.5 Å². The minimum Gasteiger partial charge on any atom is -0.457 e. The summed E-state index contributed by atoms with van der Waals surface area (Å²) in [6.07, 6.45) is 60.4. The van der Waals surface area contributed by atoms with E-state index in [-0.39, 0.29) is 12.6 Å². The predicted octanol–water partition coefficient (Wildman–Crippen LogP) is 15.4. The molecule has 53 heavy (non-hydrogen) atoms. The Bertz CT molecular complexity index is 828. The first kappa shape index (κ1) is 51.4. The van der Waals surface area contributed by atoms with Crippen LogP contribution in [0.5, 0.6) is 0 Å². The van der Waals surface area contributed by atoms with Crippen molar-refractivity contribution in [1.29, 1.82) is 0 Å². The molecule has 0 fully saturated rings. The van der Waals surface area contributed by atoms with Gasteiger partial charge >= 0.3 is 5.97 Å². The third-order valence-corrected chi connectivity index (χ3v) is 10.2. The number of aliphatic hydroxyl groups excluding tert-OH is 1. The highest BCUT2D eigenvalue weighted by molar-refractivity contribution is 5.69. The van der Waals surface area contributed by atoms with Gasteiger partial charge in [-0.1, -0.05) is 223 Å². The van der Waals surface area contributed by atoms with Gasteiger partial charge in [-0.25, -0.2) is 0 Å². The summed E-state index contributed by atoms with van der Waals surface area (Å²) in [5, 5.41) is 9.62. The Morgan fingerprint density at radius 3 is 1.28 bits per heavy atom. The zero-order chi connectivity index (χ0) is 38.4. The van der Waals surface area contributed by atoms with Gasteiger partial charge in [0, 0.05) is 13.0 Å². The maximum absolute atomic E-state index is 12.2.